The van der Waals surface area contributed by atoms with Crippen LogP contribution in [0, 0.1) is 6.92 Å². The Morgan fingerprint density at radius 1 is 0.964 bits per heavy atom. The van der Waals surface area contributed by atoms with Gasteiger partial charge < -0.3 is 15.1 Å². The fourth-order valence-electron chi connectivity index (χ4n) is 3.56. The Morgan fingerprint density at radius 3 is 2.36 bits per heavy atom. The lowest BCUT2D eigenvalue weighted by Crippen LogP contribution is -2.48. The van der Waals surface area contributed by atoms with Gasteiger partial charge >= 0.3 is 6.03 Å². The number of carbonyl (C=O) groups is 1. The molecule has 4 nitrogen and oxygen atoms in total. The summed E-state index contributed by atoms with van der Waals surface area (Å²) in [5.41, 5.74) is 5.80. The molecule has 1 N–H and O–H groups in total. The monoisotopic (exact) mass is 391 g/mol. The number of carbonyl (C=O) groups excluding carboxylic acids is 1. The minimum Gasteiger partial charge on any atom is -0.322 e. The van der Waals surface area contributed by atoms with E-state index >= 15 is 0 Å². The zero-order chi connectivity index (χ0) is 19.5. The van der Waals surface area contributed by atoms with Gasteiger partial charge in [0, 0.05) is 31.9 Å². The Hall–Kier alpha value is -2.55. The van der Waals surface area contributed by atoms with Gasteiger partial charge in [0.25, 0.3) is 0 Å². The maximum atomic E-state index is 12.5. The van der Waals surface area contributed by atoms with Gasteiger partial charge in [-0.05, 0) is 65.5 Å². The number of nitrogens with one attached hydrogen (secondary N) is 1. The van der Waals surface area contributed by atoms with Gasteiger partial charge in [-0.3, -0.25) is 0 Å². The van der Waals surface area contributed by atoms with Crippen molar-refractivity contribution >= 4 is 19.9 Å². The van der Waals surface area contributed by atoms with Crippen LogP contribution in [0.4, 0.5) is 10.5 Å². The molecule has 5 heteroatoms. The van der Waals surface area contributed by atoms with Crippen LogP contribution in [0.5, 0.6) is 0 Å². The Bertz CT molecular complexity index is 942. The molecule has 2 amide bonds. The SMILES string of the molecule is Cc1ccc(-c2ccc[pH]2)cc1-c1ccc(NC(=O)N2CCN(C)CC2)cc1. The van der Waals surface area contributed by atoms with Crippen LogP contribution in [0.1, 0.15) is 5.56 Å². The molecule has 0 bridgehead atoms. The van der Waals surface area contributed by atoms with Gasteiger partial charge in [0.15, 0.2) is 0 Å². The van der Waals surface area contributed by atoms with Crippen molar-refractivity contribution in [3.63, 3.8) is 0 Å². The van der Waals surface area contributed by atoms with E-state index in [1.165, 1.54) is 27.5 Å². The molecular weight excluding hydrogens is 365 g/mol. The molecule has 1 saturated heterocycles. The highest BCUT2D eigenvalue weighted by Gasteiger charge is 2.18. The lowest BCUT2D eigenvalue weighted by molar-refractivity contribution is 0.164. The van der Waals surface area contributed by atoms with Gasteiger partial charge in [-0.25, -0.2) is 4.79 Å². The second-order valence-corrected chi connectivity index (χ2v) is 8.57. The number of anilines is 1. The van der Waals surface area contributed by atoms with Crippen LogP contribution in [0.3, 0.4) is 0 Å². The van der Waals surface area contributed by atoms with Crippen LogP contribution < -0.4 is 5.32 Å². The van der Waals surface area contributed by atoms with E-state index in [0.29, 0.717) is 0 Å². The normalized spacial score (nSPS) is 15.1. The molecule has 2 aromatic carbocycles. The molecule has 0 aliphatic carbocycles. The molecule has 1 atom stereocenters. The summed E-state index contributed by atoms with van der Waals surface area (Å²) in [6, 6.07) is 19.2. The molecule has 0 saturated carbocycles. The van der Waals surface area contributed by atoms with Crippen molar-refractivity contribution in [2.24, 2.45) is 0 Å². The molecule has 1 aliphatic rings. The molecule has 1 unspecified atom stereocenters. The zero-order valence-corrected chi connectivity index (χ0v) is 17.4. The third-order valence-corrected chi connectivity index (χ3v) is 6.51. The third-order valence-electron chi connectivity index (χ3n) is 5.38. The van der Waals surface area contributed by atoms with E-state index < -0.39 is 0 Å². The van der Waals surface area contributed by atoms with Gasteiger partial charge in [0.05, 0.1) is 0 Å². The Kier molecular flexibility index (Phi) is 5.52. The van der Waals surface area contributed by atoms with E-state index in [-0.39, 0.29) is 6.03 Å². The number of amides is 2. The number of aryl methyl sites for hydroxylation is 1. The molecule has 0 spiro atoms. The molecule has 3 aromatic rings. The minimum absolute atomic E-state index is 0.0132. The maximum absolute atomic E-state index is 12.5. The molecule has 1 aliphatic heterocycles. The van der Waals surface area contributed by atoms with Crippen molar-refractivity contribution in [3.8, 4) is 22.0 Å². The summed E-state index contributed by atoms with van der Waals surface area (Å²) < 4.78 is 0. The first-order valence-electron chi connectivity index (χ1n) is 9.69. The van der Waals surface area contributed by atoms with Crippen LogP contribution in [0.15, 0.2) is 60.4 Å². The Labute approximate surface area is 168 Å². The van der Waals surface area contributed by atoms with E-state index in [1.807, 2.05) is 17.0 Å². The number of benzene rings is 2. The quantitative estimate of drug-likeness (QED) is 0.671. The number of hydrogen-bond acceptors (Lipinski definition) is 2. The van der Waals surface area contributed by atoms with Crippen molar-refractivity contribution in [2.45, 2.75) is 6.92 Å². The van der Waals surface area contributed by atoms with Crippen LogP contribution in [-0.4, -0.2) is 49.1 Å². The van der Waals surface area contributed by atoms with E-state index in [1.54, 1.807) is 0 Å². The zero-order valence-electron chi connectivity index (χ0n) is 16.4. The predicted octanol–water partition coefficient (Wildman–Crippen LogP) is 5.14. The lowest BCUT2D eigenvalue weighted by Gasteiger charge is -2.32. The second-order valence-electron chi connectivity index (χ2n) is 7.41. The number of urea groups is 1. The summed E-state index contributed by atoms with van der Waals surface area (Å²) >= 11 is 0. The van der Waals surface area contributed by atoms with Crippen LogP contribution >= 0.6 is 8.19 Å². The van der Waals surface area contributed by atoms with Crippen molar-refractivity contribution in [1.29, 1.82) is 0 Å². The number of likely N-dealkylation sites (N-methyl/N-ethyl adjacent to an activating group) is 1. The third kappa shape index (κ3) is 4.14. The van der Waals surface area contributed by atoms with E-state index in [0.717, 1.165) is 40.1 Å². The highest BCUT2D eigenvalue weighted by molar-refractivity contribution is 7.33. The number of hydrogen-bond donors (Lipinski definition) is 1. The summed E-state index contributed by atoms with van der Waals surface area (Å²) in [5, 5.41) is 4.41. The van der Waals surface area contributed by atoms with Crippen LogP contribution in [0.25, 0.3) is 22.0 Å². The van der Waals surface area contributed by atoms with Gasteiger partial charge in [-0.2, -0.15) is 0 Å². The number of rotatable bonds is 3. The van der Waals surface area contributed by atoms with Gasteiger partial charge in [0.2, 0.25) is 0 Å². The lowest BCUT2D eigenvalue weighted by atomic mass is 9.97. The molecule has 4 rings (SSSR count). The van der Waals surface area contributed by atoms with Gasteiger partial charge in [0.1, 0.15) is 0 Å². The molecule has 1 aromatic heterocycles. The largest absolute Gasteiger partial charge is 0.322 e. The standard InChI is InChI=1S/C23H26N3OP/c1-17-5-6-19(22-4-3-15-28-22)16-21(17)18-7-9-20(10-8-18)24-23(27)26-13-11-25(2)12-14-26/h3-10,15-16,28H,11-14H2,1-2H3,(H,24,27). The second kappa shape index (κ2) is 8.22. The Balaban J connectivity index is 1.49. The summed E-state index contributed by atoms with van der Waals surface area (Å²) in [4.78, 5) is 16.6. The molecule has 0 radical (unpaired) electrons. The summed E-state index contributed by atoms with van der Waals surface area (Å²) in [7, 11) is 2.84. The Morgan fingerprint density at radius 2 is 1.68 bits per heavy atom. The maximum Gasteiger partial charge on any atom is 0.321 e. The first-order chi connectivity index (χ1) is 13.6. The van der Waals surface area contributed by atoms with E-state index in [4.69, 9.17) is 0 Å². The van der Waals surface area contributed by atoms with Crippen molar-refractivity contribution in [2.75, 3.05) is 38.5 Å². The van der Waals surface area contributed by atoms with Gasteiger partial charge in [-0.1, -0.05) is 36.4 Å². The topological polar surface area (TPSA) is 35.6 Å². The molecule has 144 valence electrons. The predicted molar refractivity (Wildman–Crippen MR) is 120 cm³/mol. The molecular formula is C23H26N3OP. The van der Waals surface area contributed by atoms with Gasteiger partial charge in [-0.15, -0.1) is 8.19 Å². The highest BCUT2D eigenvalue weighted by Crippen LogP contribution is 2.33. The van der Waals surface area contributed by atoms with E-state index in [2.05, 4.69) is 72.5 Å². The minimum atomic E-state index is -0.0132. The fraction of sp³-hybridized carbons (Fsp3) is 0.261. The summed E-state index contributed by atoms with van der Waals surface area (Å²) in [6.45, 7) is 5.55. The number of nitrogens with zero attached hydrogens (tertiary/aromatic N) is 2. The summed E-state index contributed by atoms with van der Waals surface area (Å²) in [5.74, 6) is 2.21. The number of piperazine rings is 1. The highest BCUT2D eigenvalue weighted by atomic mass is 31.0. The van der Waals surface area contributed by atoms with Crippen molar-refractivity contribution < 1.29 is 4.79 Å². The average molecular weight is 391 g/mol. The molecule has 28 heavy (non-hydrogen) atoms. The first kappa shape index (κ1) is 18.8. The molecule has 2 heterocycles. The van der Waals surface area contributed by atoms with Crippen molar-refractivity contribution in [1.82, 2.24) is 9.80 Å². The van der Waals surface area contributed by atoms with Crippen LogP contribution in [0.2, 0.25) is 0 Å². The fourth-order valence-corrected chi connectivity index (χ4v) is 4.44. The first-order valence-corrected chi connectivity index (χ1v) is 10.8. The average Bonchev–Trinajstić information content (AvgIpc) is 3.24. The van der Waals surface area contributed by atoms with E-state index in [9.17, 15) is 4.79 Å². The van der Waals surface area contributed by atoms with Crippen LogP contribution in [-0.2, 0) is 0 Å². The smallest absolute Gasteiger partial charge is 0.321 e. The molecule has 1 fully saturated rings. The van der Waals surface area contributed by atoms with Crippen molar-refractivity contribution in [3.05, 3.63) is 66.0 Å². The summed E-state index contributed by atoms with van der Waals surface area (Å²) in [6.07, 6.45) is 0.